The highest BCUT2D eigenvalue weighted by molar-refractivity contribution is 7.10. The summed E-state index contributed by atoms with van der Waals surface area (Å²) in [6.45, 7) is 5.39. The molecule has 4 heterocycles. The Kier molecular flexibility index (Phi) is 7.16. The first kappa shape index (κ1) is 23.5. The van der Waals surface area contributed by atoms with E-state index in [0.717, 1.165) is 25.8 Å². The van der Waals surface area contributed by atoms with Crippen LogP contribution in [0.1, 0.15) is 48.0 Å². The Morgan fingerprint density at radius 3 is 2.76 bits per heavy atom. The van der Waals surface area contributed by atoms with Gasteiger partial charge in [-0.05, 0) is 48.2 Å². The zero-order valence-electron chi connectivity index (χ0n) is 18.9. The standard InChI is InChI=1S/C23H29N5O3S2/c1-3-5-10-28-21(24)20(22(30)25-23(28)31)27(4-2)18(29)14-26-11-8-16-15(9-13-33-16)19(26)17-7-6-12-32-17/h6-7,9,12-13,19H,3-5,8,10-11,14,24H2,1-2H3,(H,25,30,31). The van der Waals surface area contributed by atoms with Crippen molar-refractivity contribution >= 4 is 40.1 Å². The van der Waals surface area contributed by atoms with Gasteiger partial charge in [0.2, 0.25) is 5.91 Å². The van der Waals surface area contributed by atoms with Crippen LogP contribution in [0.4, 0.5) is 11.5 Å². The van der Waals surface area contributed by atoms with Crippen molar-refractivity contribution in [1.29, 1.82) is 0 Å². The predicted octanol–water partition coefficient (Wildman–Crippen LogP) is 3.04. The van der Waals surface area contributed by atoms with Gasteiger partial charge in [-0.15, -0.1) is 22.7 Å². The lowest BCUT2D eigenvalue weighted by Gasteiger charge is -2.36. The summed E-state index contributed by atoms with van der Waals surface area (Å²) in [7, 11) is 0. The molecule has 33 heavy (non-hydrogen) atoms. The molecule has 3 N–H and O–H groups in total. The van der Waals surface area contributed by atoms with Gasteiger partial charge in [0.05, 0.1) is 12.6 Å². The Hall–Kier alpha value is -2.69. The van der Waals surface area contributed by atoms with Crippen LogP contribution in [0.15, 0.2) is 38.5 Å². The number of H-pyrrole nitrogens is 1. The Labute approximate surface area is 200 Å². The number of hydrogen-bond acceptors (Lipinski definition) is 7. The topological polar surface area (TPSA) is 104 Å². The van der Waals surface area contributed by atoms with Crippen molar-refractivity contribution in [1.82, 2.24) is 14.5 Å². The van der Waals surface area contributed by atoms with Crippen molar-refractivity contribution < 1.29 is 4.79 Å². The molecule has 0 saturated carbocycles. The van der Waals surface area contributed by atoms with E-state index in [0.29, 0.717) is 6.54 Å². The lowest BCUT2D eigenvalue weighted by atomic mass is 9.98. The molecule has 1 aliphatic rings. The molecule has 10 heteroatoms. The first-order valence-electron chi connectivity index (χ1n) is 11.2. The van der Waals surface area contributed by atoms with Crippen LogP contribution in [0.5, 0.6) is 0 Å². The molecule has 0 spiro atoms. The number of carbonyl (C=O) groups is 1. The van der Waals surface area contributed by atoms with Crippen LogP contribution < -0.4 is 21.9 Å². The summed E-state index contributed by atoms with van der Waals surface area (Å²) in [5.74, 6) is -0.170. The largest absolute Gasteiger partial charge is 0.383 e. The SMILES string of the molecule is CCCCn1c(N)c(N(CC)C(=O)CN2CCc3sccc3C2c2cccs2)c(=O)[nH]c1=O. The maximum atomic E-state index is 13.5. The quantitative estimate of drug-likeness (QED) is 0.508. The number of aromatic nitrogens is 2. The lowest BCUT2D eigenvalue weighted by molar-refractivity contribution is -0.120. The second kappa shape index (κ2) is 10.1. The first-order valence-corrected chi connectivity index (χ1v) is 13.0. The van der Waals surface area contributed by atoms with Crippen LogP contribution in [0.25, 0.3) is 0 Å². The minimum atomic E-state index is -0.631. The van der Waals surface area contributed by atoms with E-state index < -0.39 is 11.2 Å². The minimum absolute atomic E-state index is 0.0109. The van der Waals surface area contributed by atoms with E-state index in [1.165, 1.54) is 24.8 Å². The number of rotatable bonds is 8. The number of hydrogen-bond donors (Lipinski definition) is 2. The van der Waals surface area contributed by atoms with Crippen molar-refractivity contribution in [2.75, 3.05) is 30.3 Å². The Balaban J connectivity index is 1.65. The van der Waals surface area contributed by atoms with Gasteiger partial charge in [-0.3, -0.25) is 24.0 Å². The third-order valence-corrected chi connectivity index (χ3v) is 7.97. The Bertz CT molecular complexity index is 1230. The van der Waals surface area contributed by atoms with Crippen molar-refractivity contribution in [3.05, 3.63) is 65.1 Å². The zero-order chi connectivity index (χ0) is 23.5. The number of fused-ring (bicyclic) bond motifs is 1. The fourth-order valence-corrected chi connectivity index (χ4v) is 6.19. The summed E-state index contributed by atoms with van der Waals surface area (Å²) < 4.78 is 1.35. The van der Waals surface area contributed by atoms with Gasteiger partial charge in [0.1, 0.15) is 5.82 Å². The molecule has 1 amide bonds. The smallest absolute Gasteiger partial charge is 0.330 e. The number of thiophene rings is 2. The molecule has 0 fully saturated rings. The number of likely N-dealkylation sites (N-methyl/N-ethyl adjacent to an activating group) is 1. The van der Waals surface area contributed by atoms with E-state index in [1.54, 1.807) is 22.7 Å². The second-order valence-electron chi connectivity index (χ2n) is 8.07. The lowest BCUT2D eigenvalue weighted by Crippen LogP contribution is -2.47. The summed E-state index contributed by atoms with van der Waals surface area (Å²) >= 11 is 3.44. The number of aromatic amines is 1. The summed E-state index contributed by atoms with van der Waals surface area (Å²) in [4.78, 5) is 47.0. The van der Waals surface area contributed by atoms with E-state index in [-0.39, 0.29) is 36.5 Å². The van der Waals surface area contributed by atoms with Crippen LogP contribution >= 0.6 is 22.7 Å². The Morgan fingerprint density at radius 2 is 2.06 bits per heavy atom. The van der Waals surface area contributed by atoms with Gasteiger partial charge in [0.25, 0.3) is 5.56 Å². The molecule has 0 radical (unpaired) electrons. The minimum Gasteiger partial charge on any atom is -0.383 e. The van der Waals surface area contributed by atoms with Gasteiger partial charge in [-0.25, -0.2) is 4.79 Å². The van der Waals surface area contributed by atoms with Crippen molar-refractivity contribution in [3.8, 4) is 0 Å². The molecule has 3 aromatic rings. The molecule has 1 unspecified atom stereocenters. The fourth-order valence-electron chi connectivity index (χ4n) is 4.41. The molecule has 1 aliphatic heterocycles. The number of unbranched alkanes of at least 4 members (excludes halogenated alkanes) is 1. The van der Waals surface area contributed by atoms with Crippen molar-refractivity contribution in [2.24, 2.45) is 0 Å². The molecule has 176 valence electrons. The van der Waals surface area contributed by atoms with Gasteiger partial charge >= 0.3 is 5.69 Å². The van der Waals surface area contributed by atoms with E-state index in [2.05, 4.69) is 27.4 Å². The number of nitrogen functional groups attached to an aromatic ring is 1. The van der Waals surface area contributed by atoms with E-state index in [9.17, 15) is 14.4 Å². The van der Waals surface area contributed by atoms with Gasteiger partial charge in [0.15, 0.2) is 5.69 Å². The number of carbonyl (C=O) groups excluding carboxylic acids is 1. The highest BCUT2D eigenvalue weighted by atomic mass is 32.1. The van der Waals surface area contributed by atoms with Crippen molar-refractivity contribution in [3.63, 3.8) is 0 Å². The molecule has 0 aromatic carbocycles. The third kappa shape index (κ3) is 4.55. The molecule has 0 aliphatic carbocycles. The molecule has 1 atom stereocenters. The highest BCUT2D eigenvalue weighted by Gasteiger charge is 2.33. The summed E-state index contributed by atoms with van der Waals surface area (Å²) in [6, 6.07) is 6.28. The number of amides is 1. The molecule has 0 saturated heterocycles. The van der Waals surface area contributed by atoms with Gasteiger partial charge in [-0.2, -0.15) is 0 Å². The van der Waals surface area contributed by atoms with Crippen LogP contribution in [-0.2, 0) is 17.8 Å². The summed E-state index contributed by atoms with van der Waals surface area (Å²) in [6.07, 6.45) is 2.51. The number of nitrogens with one attached hydrogen (secondary N) is 1. The maximum absolute atomic E-state index is 13.5. The normalized spacial score (nSPS) is 16.0. The number of nitrogens with two attached hydrogens (primary N) is 1. The maximum Gasteiger partial charge on any atom is 0.330 e. The van der Waals surface area contributed by atoms with Crippen LogP contribution in [0, 0.1) is 0 Å². The van der Waals surface area contributed by atoms with Crippen LogP contribution in [-0.4, -0.2) is 40.0 Å². The zero-order valence-corrected chi connectivity index (χ0v) is 20.5. The average Bonchev–Trinajstić information content (AvgIpc) is 3.48. The van der Waals surface area contributed by atoms with Crippen molar-refractivity contribution in [2.45, 2.75) is 45.7 Å². The van der Waals surface area contributed by atoms with E-state index in [4.69, 9.17) is 5.73 Å². The Morgan fingerprint density at radius 1 is 1.24 bits per heavy atom. The van der Waals surface area contributed by atoms with Crippen LogP contribution in [0.3, 0.4) is 0 Å². The molecule has 3 aromatic heterocycles. The van der Waals surface area contributed by atoms with Gasteiger partial charge in [-0.1, -0.05) is 19.4 Å². The monoisotopic (exact) mass is 487 g/mol. The van der Waals surface area contributed by atoms with E-state index in [1.807, 2.05) is 25.3 Å². The highest BCUT2D eigenvalue weighted by Crippen LogP contribution is 2.39. The summed E-state index contributed by atoms with van der Waals surface area (Å²) in [5, 5.41) is 4.16. The predicted molar refractivity (Wildman–Crippen MR) is 134 cm³/mol. The summed E-state index contributed by atoms with van der Waals surface area (Å²) in [5.41, 5.74) is 6.39. The number of anilines is 2. The first-order chi connectivity index (χ1) is 16.0. The van der Waals surface area contributed by atoms with Crippen LogP contribution in [0.2, 0.25) is 0 Å². The second-order valence-corrected chi connectivity index (χ2v) is 10.1. The molecular formula is C23H29N5O3S2. The molecular weight excluding hydrogens is 458 g/mol. The van der Waals surface area contributed by atoms with E-state index >= 15 is 0 Å². The molecule has 8 nitrogen and oxygen atoms in total. The molecule has 0 bridgehead atoms. The average molecular weight is 488 g/mol. The van der Waals surface area contributed by atoms with Gasteiger partial charge in [0, 0.05) is 29.4 Å². The van der Waals surface area contributed by atoms with Gasteiger partial charge < -0.3 is 10.6 Å². The molecule has 4 rings (SSSR count). The number of nitrogens with zero attached hydrogens (tertiary/aromatic N) is 3. The fraction of sp³-hybridized carbons (Fsp3) is 0.435. The third-order valence-electron chi connectivity index (χ3n) is 6.05.